The summed E-state index contributed by atoms with van der Waals surface area (Å²) in [5, 5.41) is 3.08. The average molecular weight is 366 g/mol. The number of amides is 1. The van der Waals surface area contributed by atoms with Crippen LogP contribution in [0.1, 0.15) is 29.5 Å². The number of nitrogens with one attached hydrogen (secondary N) is 1. The Morgan fingerprint density at radius 1 is 1.11 bits per heavy atom. The number of carbonyl (C=O) groups excluding carboxylic acids is 1. The minimum absolute atomic E-state index is 0.104. The van der Waals surface area contributed by atoms with E-state index in [9.17, 15) is 4.79 Å². The molecule has 1 saturated heterocycles. The Kier molecular flexibility index (Phi) is 5.30. The van der Waals surface area contributed by atoms with Crippen LogP contribution in [0.15, 0.2) is 42.5 Å². The Bertz CT molecular complexity index is 813. The summed E-state index contributed by atoms with van der Waals surface area (Å²) in [5.41, 5.74) is 3.74. The van der Waals surface area contributed by atoms with E-state index in [1.54, 1.807) is 0 Å². The molecule has 5 nitrogen and oxygen atoms in total. The highest BCUT2D eigenvalue weighted by molar-refractivity contribution is 5.78. The van der Waals surface area contributed by atoms with Gasteiger partial charge in [-0.3, -0.25) is 9.69 Å². The molecule has 0 aromatic heterocycles. The quantitative estimate of drug-likeness (QED) is 0.883. The molecular formula is C22H26N2O3. The normalized spacial score (nSPS) is 17.1. The van der Waals surface area contributed by atoms with Crippen LogP contribution in [-0.2, 0) is 17.9 Å². The fourth-order valence-corrected chi connectivity index (χ4v) is 3.77. The third-order valence-corrected chi connectivity index (χ3v) is 5.52. The molecule has 0 radical (unpaired) electrons. The molecule has 1 N–H and O–H groups in total. The van der Waals surface area contributed by atoms with Gasteiger partial charge in [-0.1, -0.05) is 30.3 Å². The number of likely N-dealkylation sites (tertiary alicyclic amines) is 1. The van der Waals surface area contributed by atoms with E-state index >= 15 is 0 Å². The molecule has 2 aliphatic rings. The summed E-state index contributed by atoms with van der Waals surface area (Å²) in [6.45, 7) is 5.86. The summed E-state index contributed by atoms with van der Waals surface area (Å²) in [6.07, 6.45) is 1.83. The number of benzene rings is 2. The molecule has 1 fully saturated rings. The number of hydrogen-bond acceptors (Lipinski definition) is 4. The molecule has 0 bridgehead atoms. The molecule has 2 aromatic carbocycles. The van der Waals surface area contributed by atoms with E-state index in [0.717, 1.165) is 49.5 Å². The topological polar surface area (TPSA) is 50.8 Å². The number of fused-ring (bicyclic) bond motifs is 1. The third kappa shape index (κ3) is 4.25. The molecule has 0 aliphatic carbocycles. The summed E-state index contributed by atoms with van der Waals surface area (Å²) in [5.74, 6) is 1.78. The minimum Gasteiger partial charge on any atom is -0.454 e. The lowest BCUT2D eigenvalue weighted by Gasteiger charge is -2.31. The van der Waals surface area contributed by atoms with E-state index in [1.807, 2.05) is 18.2 Å². The lowest BCUT2D eigenvalue weighted by atomic mass is 9.95. The monoisotopic (exact) mass is 366 g/mol. The highest BCUT2D eigenvalue weighted by Gasteiger charge is 2.25. The molecule has 0 saturated carbocycles. The van der Waals surface area contributed by atoms with Gasteiger partial charge in [0.1, 0.15) is 0 Å². The summed E-state index contributed by atoms with van der Waals surface area (Å²) < 4.78 is 10.7. The summed E-state index contributed by atoms with van der Waals surface area (Å²) >= 11 is 0. The molecule has 2 aliphatic heterocycles. The lowest BCUT2D eigenvalue weighted by molar-refractivity contribution is -0.126. The van der Waals surface area contributed by atoms with Crippen LogP contribution in [0.4, 0.5) is 0 Å². The summed E-state index contributed by atoms with van der Waals surface area (Å²) in [6, 6.07) is 14.3. The van der Waals surface area contributed by atoms with E-state index in [1.165, 1.54) is 11.1 Å². The smallest absolute Gasteiger partial charge is 0.231 e. The van der Waals surface area contributed by atoms with E-state index < -0.39 is 0 Å². The van der Waals surface area contributed by atoms with E-state index in [0.29, 0.717) is 6.54 Å². The standard InChI is InChI=1S/C22H26N2O3/c1-16-4-2-3-5-19(16)14-24-10-8-18(9-11-24)22(25)23-13-17-6-7-20-21(12-17)27-15-26-20/h2-7,12,18H,8-11,13-15H2,1H3,(H,23,25). The van der Waals surface area contributed by atoms with E-state index in [-0.39, 0.29) is 18.6 Å². The van der Waals surface area contributed by atoms with Gasteiger partial charge in [-0.25, -0.2) is 0 Å². The highest BCUT2D eigenvalue weighted by atomic mass is 16.7. The van der Waals surface area contributed by atoms with Gasteiger partial charge in [-0.2, -0.15) is 0 Å². The zero-order chi connectivity index (χ0) is 18.6. The molecule has 142 valence electrons. The number of rotatable bonds is 5. The maximum atomic E-state index is 12.5. The van der Waals surface area contributed by atoms with Gasteiger partial charge in [0.2, 0.25) is 12.7 Å². The molecule has 2 heterocycles. The van der Waals surface area contributed by atoms with Crippen molar-refractivity contribution in [3.63, 3.8) is 0 Å². The highest BCUT2D eigenvalue weighted by Crippen LogP contribution is 2.32. The first kappa shape index (κ1) is 17.9. The number of carbonyl (C=O) groups is 1. The van der Waals surface area contributed by atoms with Crippen molar-refractivity contribution in [2.24, 2.45) is 5.92 Å². The predicted molar refractivity (Wildman–Crippen MR) is 104 cm³/mol. The maximum absolute atomic E-state index is 12.5. The Morgan fingerprint density at radius 2 is 1.89 bits per heavy atom. The first-order valence-electron chi connectivity index (χ1n) is 9.62. The van der Waals surface area contributed by atoms with Crippen molar-refractivity contribution in [1.29, 1.82) is 0 Å². The maximum Gasteiger partial charge on any atom is 0.231 e. The zero-order valence-electron chi connectivity index (χ0n) is 15.7. The average Bonchev–Trinajstić information content (AvgIpc) is 3.16. The SMILES string of the molecule is Cc1ccccc1CN1CCC(C(=O)NCc2ccc3c(c2)OCO3)CC1. The third-order valence-electron chi connectivity index (χ3n) is 5.52. The van der Waals surface area contributed by atoms with Crippen LogP contribution in [0.25, 0.3) is 0 Å². The molecule has 5 heteroatoms. The van der Waals surface area contributed by atoms with Crippen LogP contribution in [0, 0.1) is 12.8 Å². The van der Waals surface area contributed by atoms with Gasteiger partial charge in [0.25, 0.3) is 0 Å². The number of piperidine rings is 1. The first-order valence-corrected chi connectivity index (χ1v) is 9.62. The van der Waals surface area contributed by atoms with Gasteiger partial charge >= 0.3 is 0 Å². The van der Waals surface area contributed by atoms with E-state index in [2.05, 4.69) is 41.4 Å². The fourth-order valence-electron chi connectivity index (χ4n) is 3.77. The zero-order valence-corrected chi connectivity index (χ0v) is 15.7. The predicted octanol–water partition coefficient (Wildman–Crippen LogP) is 3.25. The number of aryl methyl sites for hydroxylation is 1. The van der Waals surface area contributed by atoms with Crippen LogP contribution in [0.2, 0.25) is 0 Å². The van der Waals surface area contributed by atoms with Crippen molar-refractivity contribution >= 4 is 5.91 Å². The van der Waals surface area contributed by atoms with Gasteiger partial charge in [0, 0.05) is 19.0 Å². The Labute approximate surface area is 160 Å². The van der Waals surface area contributed by atoms with E-state index in [4.69, 9.17) is 9.47 Å². The van der Waals surface area contributed by atoms with Crippen molar-refractivity contribution in [3.05, 3.63) is 59.2 Å². The van der Waals surface area contributed by atoms with Gasteiger partial charge in [0.15, 0.2) is 11.5 Å². The molecule has 1 amide bonds. The summed E-state index contributed by atoms with van der Waals surface area (Å²) in [4.78, 5) is 15.0. The van der Waals surface area contributed by atoms with Crippen LogP contribution in [0.3, 0.4) is 0 Å². The first-order chi connectivity index (χ1) is 13.2. The number of nitrogens with zero attached hydrogens (tertiary/aromatic N) is 1. The minimum atomic E-state index is 0.104. The Hall–Kier alpha value is -2.53. The van der Waals surface area contributed by atoms with Gasteiger partial charge < -0.3 is 14.8 Å². The van der Waals surface area contributed by atoms with Crippen molar-refractivity contribution in [1.82, 2.24) is 10.2 Å². The lowest BCUT2D eigenvalue weighted by Crippen LogP contribution is -2.40. The van der Waals surface area contributed by atoms with Crippen molar-refractivity contribution in [2.75, 3.05) is 19.9 Å². The second-order valence-corrected chi connectivity index (χ2v) is 7.38. The van der Waals surface area contributed by atoms with Crippen LogP contribution < -0.4 is 14.8 Å². The van der Waals surface area contributed by atoms with Crippen LogP contribution in [0.5, 0.6) is 11.5 Å². The van der Waals surface area contributed by atoms with Gasteiger partial charge in [-0.15, -0.1) is 0 Å². The van der Waals surface area contributed by atoms with Crippen molar-refractivity contribution < 1.29 is 14.3 Å². The molecular weight excluding hydrogens is 340 g/mol. The second-order valence-electron chi connectivity index (χ2n) is 7.38. The van der Waals surface area contributed by atoms with Gasteiger partial charge in [0.05, 0.1) is 0 Å². The van der Waals surface area contributed by atoms with Crippen molar-refractivity contribution in [3.8, 4) is 11.5 Å². The molecule has 4 rings (SSSR count). The van der Waals surface area contributed by atoms with Crippen LogP contribution in [-0.4, -0.2) is 30.7 Å². The van der Waals surface area contributed by atoms with Gasteiger partial charge in [-0.05, 0) is 61.7 Å². The second kappa shape index (κ2) is 8.01. The summed E-state index contributed by atoms with van der Waals surface area (Å²) in [7, 11) is 0. The Balaban J connectivity index is 1.24. The Morgan fingerprint density at radius 3 is 2.70 bits per heavy atom. The largest absolute Gasteiger partial charge is 0.454 e. The molecule has 0 spiro atoms. The van der Waals surface area contributed by atoms with Crippen molar-refractivity contribution in [2.45, 2.75) is 32.9 Å². The molecule has 27 heavy (non-hydrogen) atoms. The molecule has 0 atom stereocenters. The fraction of sp³-hybridized carbons (Fsp3) is 0.409. The molecule has 2 aromatic rings. The van der Waals surface area contributed by atoms with Crippen LogP contribution >= 0.6 is 0 Å². The number of ether oxygens (including phenoxy) is 2. The number of hydrogen-bond donors (Lipinski definition) is 1. The molecule has 0 unspecified atom stereocenters.